The second-order valence-corrected chi connectivity index (χ2v) is 6.57. The molecular weight excluding hydrogens is 305 g/mol. The van der Waals surface area contributed by atoms with Crippen LogP contribution in [-0.2, 0) is 11.3 Å². The molecular formula is C17H23F3N2O. The topological polar surface area (TPSA) is 24.5 Å². The van der Waals surface area contributed by atoms with E-state index in [9.17, 15) is 13.2 Å². The summed E-state index contributed by atoms with van der Waals surface area (Å²) in [6.07, 6.45) is -3.22. The Morgan fingerprint density at radius 3 is 2.61 bits per heavy atom. The van der Waals surface area contributed by atoms with Crippen LogP contribution in [0.4, 0.5) is 13.2 Å². The molecule has 1 aromatic carbocycles. The van der Waals surface area contributed by atoms with Crippen LogP contribution >= 0.6 is 0 Å². The van der Waals surface area contributed by atoms with E-state index in [1.807, 2.05) is 35.2 Å². The van der Waals surface area contributed by atoms with Crippen LogP contribution in [0.2, 0.25) is 0 Å². The highest BCUT2D eigenvalue weighted by molar-refractivity contribution is 5.15. The van der Waals surface area contributed by atoms with Crippen molar-refractivity contribution in [3.63, 3.8) is 0 Å². The van der Waals surface area contributed by atoms with Crippen LogP contribution in [-0.4, -0.2) is 50.0 Å². The Labute approximate surface area is 134 Å². The van der Waals surface area contributed by atoms with Crippen molar-refractivity contribution in [2.75, 3.05) is 32.8 Å². The average Bonchev–Trinajstić information content (AvgIpc) is 3.15. The quantitative estimate of drug-likeness (QED) is 0.899. The number of nitrogens with zero attached hydrogens (tertiary/aromatic N) is 1. The Morgan fingerprint density at radius 1 is 1.17 bits per heavy atom. The van der Waals surface area contributed by atoms with E-state index < -0.39 is 18.1 Å². The fourth-order valence-corrected chi connectivity index (χ4v) is 3.46. The molecule has 3 nitrogen and oxygen atoms in total. The lowest BCUT2D eigenvalue weighted by atomic mass is 10.0. The molecule has 0 amide bonds. The van der Waals surface area contributed by atoms with Crippen LogP contribution in [0.15, 0.2) is 30.3 Å². The number of hydrogen-bond donors (Lipinski definition) is 1. The summed E-state index contributed by atoms with van der Waals surface area (Å²) in [6, 6.07) is 9.14. The van der Waals surface area contributed by atoms with Crippen LogP contribution < -0.4 is 5.32 Å². The maximum Gasteiger partial charge on any atom is 0.394 e. The van der Waals surface area contributed by atoms with Gasteiger partial charge < -0.3 is 10.1 Å². The van der Waals surface area contributed by atoms with Crippen molar-refractivity contribution in [1.82, 2.24) is 10.2 Å². The highest BCUT2D eigenvalue weighted by atomic mass is 19.4. The number of rotatable bonds is 5. The van der Waals surface area contributed by atoms with Crippen LogP contribution in [0.1, 0.15) is 12.0 Å². The molecule has 6 heteroatoms. The SMILES string of the molecule is FC(F)(F)[C@@H]1CN(Cc2ccccc2)C[C@H]1NCC1CCOC1. The van der Waals surface area contributed by atoms with Gasteiger partial charge in [0.15, 0.2) is 0 Å². The molecule has 2 fully saturated rings. The summed E-state index contributed by atoms with van der Waals surface area (Å²) in [5.74, 6) is -0.958. The minimum absolute atomic E-state index is 0.0667. The van der Waals surface area contributed by atoms with Crippen molar-refractivity contribution in [2.24, 2.45) is 11.8 Å². The first kappa shape index (κ1) is 16.7. The van der Waals surface area contributed by atoms with Crippen molar-refractivity contribution in [3.8, 4) is 0 Å². The molecule has 2 heterocycles. The van der Waals surface area contributed by atoms with E-state index >= 15 is 0 Å². The van der Waals surface area contributed by atoms with E-state index in [4.69, 9.17) is 4.74 Å². The summed E-state index contributed by atoms with van der Waals surface area (Å²) < 4.78 is 45.3. The molecule has 0 saturated carbocycles. The van der Waals surface area contributed by atoms with Crippen LogP contribution in [0, 0.1) is 11.8 Å². The van der Waals surface area contributed by atoms with Crippen molar-refractivity contribution in [1.29, 1.82) is 0 Å². The molecule has 2 aliphatic rings. The lowest BCUT2D eigenvalue weighted by molar-refractivity contribution is -0.175. The van der Waals surface area contributed by atoms with E-state index in [1.165, 1.54) is 0 Å². The van der Waals surface area contributed by atoms with Crippen LogP contribution in [0.5, 0.6) is 0 Å². The monoisotopic (exact) mass is 328 g/mol. The Bertz CT molecular complexity index is 488. The van der Waals surface area contributed by atoms with Gasteiger partial charge in [-0.15, -0.1) is 0 Å². The molecule has 0 bridgehead atoms. The first-order valence-electron chi connectivity index (χ1n) is 8.16. The zero-order chi connectivity index (χ0) is 16.3. The van der Waals surface area contributed by atoms with Gasteiger partial charge in [-0.3, -0.25) is 4.90 Å². The summed E-state index contributed by atoms with van der Waals surface area (Å²) in [5, 5.41) is 3.15. The van der Waals surface area contributed by atoms with Gasteiger partial charge in [-0.1, -0.05) is 30.3 Å². The molecule has 128 valence electrons. The van der Waals surface area contributed by atoms with Gasteiger partial charge in [0.05, 0.1) is 12.5 Å². The van der Waals surface area contributed by atoms with Crippen LogP contribution in [0.25, 0.3) is 0 Å². The van der Waals surface area contributed by atoms with Crippen molar-refractivity contribution in [2.45, 2.75) is 25.2 Å². The molecule has 0 spiro atoms. The van der Waals surface area contributed by atoms with E-state index in [-0.39, 0.29) is 6.54 Å². The standard InChI is InChI=1S/C17H23F3N2O/c18-17(19,20)15-10-22(9-13-4-2-1-3-5-13)11-16(15)21-8-14-6-7-23-12-14/h1-5,14-16,21H,6-12H2/t14?,15-,16-/m1/s1. The predicted octanol–water partition coefficient (Wildman–Crippen LogP) is 2.68. The lowest BCUT2D eigenvalue weighted by Crippen LogP contribution is -2.44. The fourth-order valence-electron chi connectivity index (χ4n) is 3.46. The third-order valence-electron chi connectivity index (χ3n) is 4.76. The van der Waals surface area contributed by atoms with E-state index in [0.717, 1.165) is 18.6 Å². The van der Waals surface area contributed by atoms with Gasteiger partial charge in [0.25, 0.3) is 0 Å². The van der Waals surface area contributed by atoms with Gasteiger partial charge in [0.2, 0.25) is 0 Å². The van der Waals surface area contributed by atoms with Gasteiger partial charge >= 0.3 is 6.18 Å². The fraction of sp³-hybridized carbons (Fsp3) is 0.647. The molecule has 0 radical (unpaired) electrons. The molecule has 2 aliphatic heterocycles. The molecule has 2 saturated heterocycles. The number of hydrogen-bond acceptors (Lipinski definition) is 3. The number of likely N-dealkylation sites (tertiary alicyclic amines) is 1. The number of benzene rings is 1. The van der Waals surface area contributed by atoms with Gasteiger partial charge in [-0.2, -0.15) is 13.2 Å². The molecule has 1 aromatic rings. The number of halogens is 3. The summed E-state index contributed by atoms with van der Waals surface area (Å²) in [5.41, 5.74) is 1.05. The predicted molar refractivity (Wildman–Crippen MR) is 82.0 cm³/mol. The molecule has 23 heavy (non-hydrogen) atoms. The first-order chi connectivity index (χ1) is 11.0. The van der Waals surface area contributed by atoms with Gasteiger partial charge in [0, 0.05) is 38.8 Å². The van der Waals surface area contributed by atoms with Crippen molar-refractivity contribution < 1.29 is 17.9 Å². The lowest BCUT2D eigenvalue weighted by Gasteiger charge is -2.23. The van der Waals surface area contributed by atoms with Gasteiger partial charge in [-0.25, -0.2) is 0 Å². The third-order valence-corrected chi connectivity index (χ3v) is 4.76. The second-order valence-electron chi connectivity index (χ2n) is 6.57. The third kappa shape index (κ3) is 4.46. The number of nitrogens with one attached hydrogen (secondary N) is 1. The highest BCUT2D eigenvalue weighted by Gasteiger charge is 2.49. The summed E-state index contributed by atoms with van der Waals surface area (Å²) in [6.45, 7) is 3.06. The molecule has 3 rings (SSSR count). The van der Waals surface area contributed by atoms with Gasteiger partial charge in [-0.05, 0) is 17.9 Å². The summed E-state index contributed by atoms with van der Waals surface area (Å²) in [7, 11) is 0. The van der Waals surface area contributed by atoms with Crippen molar-refractivity contribution in [3.05, 3.63) is 35.9 Å². The first-order valence-corrected chi connectivity index (χ1v) is 8.16. The Hall–Kier alpha value is -1.11. The Balaban J connectivity index is 1.59. The normalized spacial score (nSPS) is 29.3. The van der Waals surface area contributed by atoms with Crippen LogP contribution in [0.3, 0.4) is 0 Å². The average molecular weight is 328 g/mol. The molecule has 1 unspecified atom stereocenters. The Morgan fingerprint density at radius 2 is 1.96 bits per heavy atom. The minimum Gasteiger partial charge on any atom is -0.381 e. The largest absolute Gasteiger partial charge is 0.394 e. The highest BCUT2D eigenvalue weighted by Crippen LogP contribution is 2.34. The minimum atomic E-state index is -4.16. The number of ether oxygens (including phenoxy) is 1. The van der Waals surface area contributed by atoms with Gasteiger partial charge in [0.1, 0.15) is 0 Å². The second kappa shape index (κ2) is 7.20. The molecule has 3 atom stereocenters. The number of alkyl halides is 3. The zero-order valence-electron chi connectivity index (χ0n) is 13.1. The summed E-state index contributed by atoms with van der Waals surface area (Å²) in [4.78, 5) is 1.90. The zero-order valence-corrected chi connectivity index (χ0v) is 13.1. The maximum atomic E-state index is 13.3. The smallest absolute Gasteiger partial charge is 0.381 e. The van der Waals surface area contributed by atoms with E-state index in [0.29, 0.717) is 32.2 Å². The van der Waals surface area contributed by atoms with Crippen molar-refractivity contribution >= 4 is 0 Å². The van der Waals surface area contributed by atoms with E-state index in [2.05, 4.69) is 5.32 Å². The molecule has 1 N–H and O–H groups in total. The molecule has 0 aromatic heterocycles. The maximum absolute atomic E-state index is 13.3. The summed E-state index contributed by atoms with van der Waals surface area (Å²) >= 11 is 0. The van der Waals surface area contributed by atoms with E-state index in [1.54, 1.807) is 0 Å². The molecule has 0 aliphatic carbocycles. The Kier molecular flexibility index (Phi) is 5.24.